The van der Waals surface area contributed by atoms with Crippen LogP contribution in [0.4, 0.5) is 0 Å². The van der Waals surface area contributed by atoms with Gasteiger partial charge in [-0.1, -0.05) is 0 Å². The number of likely N-dealkylation sites (N-methyl/N-ethyl adjacent to an activating group) is 1. The van der Waals surface area contributed by atoms with Gasteiger partial charge in [0.2, 0.25) is 0 Å². The molecular formula is C9H18N2O4S. The highest BCUT2D eigenvalue weighted by atomic mass is 32.2. The van der Waals surface area contributed by atoms with E-state index in [1.807, 2.05) is 0 Å². The van der Waals surface area contributed by atoms with Crippen molar-refractivity contribution in [1.29, 1.82) is 0 Å². The highest BCUT2D eigenvalue weighted by molar-refractivity contribution is 7.91. The molecule has 1 rings (SSSR count). The molecule has 0 spiro atoms. The molecule has 1 heterocycles. The van der Waals surface area contributed by atoms with Crippen molar-refractivity contribution in [1.82, 2.24) is 4.90 Å². The van der Waals surface area contributed by atoms with Crippen molar-refractivity contribution < 1.29 is 17.9 Å². The first-order valence-electron chi connectivity index (χ1n) is 5.11. The zero-order valence-corrected chi connectivity index (χ0v) is 10.4. The van der Waals surface area contributed by atoms with Crippen molar-refractivity contribution in [3.05, 3.63) is 0 Å². The topological polar surface area (TPSA) is 89.7 Å². The number of esters is 1. The maximum Gasteiger partial charge on any atom is 0.324 e. The van der Waals surface area contributed by atoms with Gasteiger partial charge >= 0.3 is 5.97 Å². The van der Waals surface area contributed by atoms with E-state index in [0.717, 1.165) is 0 Å². The van der Waals surface area contributed by atoms with E-state index >= 15 is 0 Å². The van der Waals surface area contributed by atoms with Crippen LogP contribution in [0.1, 0.15) is 6.42 Å². The molecule has 0 aromatic carbocycles. The van der Waals surface area contributed by atoms with E-state index in [1.165, 1.54) is 7.11 Å². The smallest absolute Gasteiger partial charge is 0.324 e. The maximum atomic E-state index is 11.4. The molecular weight excluding hydrogens is 232 g/mol. The second-order valence-corrected chi connectivity index (χ2v) is 6.23. The van der Waals surface area contributed by atoms with Crippen molar-refractivity contribution >= 4 is 15.8 Å². The Morgan fingerprint density at radius 2 is 2.25 bits per heavy atom. The minimum Gasteiger partial charge on any atom is -0.468 e. The molecule has 1 saturated heterocycles. The van der Waals surface area contributed by atoms with E-state index in [1.54, 1.807) is 11.9 Å². The molecule has 0 bridgehead atoms. The molecule has 2 N–H and O–H groups in total. The van der Waals surface area contributed by atoms with Gasteiger partial charge in [-0.05, 0) is 13.5 Å². The fraction of sp³-hybridized carbons (Fsp3) is 0.889. The third-order valence-electron chi connectivity index (χ3n) is 2.97. The second-order valence-electron chi connectivity index (χ2n) is 4.00. The van der Waals surface area contributed by atoms with E-state index in [0.29, 0.717) is 6.42 Å². The molecule has 0 aromatic heterocycles. The van der Waals surface area contributed by atoms with E-state index < -0.39 is 21.8 Å². The fourth-order valence-corrected chi connectivity index (χ4v) is 3.70. The number of hydrogen-bond donors (Lipinski definition) is 1. The van der Waals surface area contributed by atoms with Gasteiger partial charge in [0.05, 0.1) is 18.6 Å². The summed E-state index contributed by atoms with van der Waals surface area (Å²) >= 11 is 0. The normalized spacial score (nSPS) is 25.6. The number of carbonyl (C=O) groups excluding carboxylic acids is 1. The Labute approximate surface area is 95.7 Å². The number of nitrogens with two attached hydrogens (primary N) is 1. The summed E-state index contributed by atoms with van der Waals surface area (Å²) in [5, 5.41) is 0. The van der Waals surface area contributed by atoms with Gasteiger partial charge in [0.1, 0.15) is 6.04 Å². The lowest BCUT2D eigenvalue weighted by Gasteiger charge is -2.29. The molecule has 7 heteroatoms. The van der Waals surface area contributed by atoms with Gasteiger partial charge in [0.25, 0.3) is 0 Å². The lowest BCUT2D eigenvalue weighted by Crippen LogP contribution is -2.49. The van der Waals surface area contributed by atoms with Crippen LogP contribution in [0.25, 0.3) is 0 Å². The number of ether oxygens (including phenoxy) is 1. The minimum atomic E-state index is -2.95. The van der Waals surface area contributed by atoms with Gasteiger partial charge in [0.15, 0.2) is 9.84 Å². The maximum absolute atomic E-state index is 11.4. The van der Waals surface area contributed by atoms with Crippen molar-refractivity contribution in [3.63, 3.8) is 0 Å². The van der Waals surface area contributed by atoms with Crippen LogP contribution in [-0.2, 0) is 19.4 Å². The largest absolute Gasteiger partial charge is 0.468 e. The SMILES string of the molecule is COC(=O)C(CN)N(C)C1CCS(=O)(=O)C1. The Morgan fingerprint density at radius 3 is 2.62 bits per heavy atom. The Morgan fingerprint density at radius 1 is 1.62 bits per heavy atom. The van der Waals surface area contributed by atoms with Crippen LogP contribution in [0.3, 0.4) is 0 Å². The second kappa shape index (κ2) is 5.11. The Balaban J connectivity index is 2.70. The van der Waals surface area contributed by atoms with Crippen LogP contribution >= 0.6 is 0 Å². The monoisotopic (exact) mass is 250 g/mol. The molecule has 0 amide bonds. The molecule has 16 heavy (non-hydrogen) atoms. The quantitative estimate of drug-likeness (QED) is 0.618. The third kappa shape index (κ3) is 2.93. The van der Waals surface area contributed by atoms with Gasteiger partial charge in [-0.25, -0.2) is 8.42 Å². The van der Waals surface area contributed by atoms with E-state index in [4.69, 9.17) is 5.73 Å². The number of sulfone groups is 1. The highest BCUT2D eigenvalue weighted by Crippen LogP contribution is 2.18. The molecule has 0 aromatic rings. The fourth-order valence-electron chi connectivity index (χ4n) is 1.92. The van der Waals surface area contributed by atoms with Crippen molar-refractivity contribution in [2.24, 2.45) is 5.73 Å². The number of hydrogen-bond acceptors (Lipinski definition) is 6. The molecule has 1 aliphatic rings. The van der Waals surface area contributed by atoms with Crippen LogP contribution in [0.5, 0.6) is 0 Å². The lowest BCUT2D eigenvalue weighted by atomic mass is 10.1. The van der Waals surface area contributed by atoms with Crippen molar-refractivity contribution in [2.75, 3.05) is 32.2 Å². The Bertz CT molecular complexity index is 355. The summed E-state index contributed by atoms with van der Waals surface area (Å²) in [7, 11) is 0.0549. The predicted molar refractivity (Wildman–Crippen MR) is 59.7 cm³/mol. The van der Waals surface area contributed by atoms with Crippen LogP contribution in [-0.4, -0.2) is 63.6 Å². The zero-order valence-electron chi connectivity index (χ0n) is 9.55. The summed E-state index contributed by atoms with van der Waals surface area (Å²) in [4.78, 5) is 13.1. The Hall–Kier alpha value is -0.660. The predicted octanol–water partition coefficient (Wildman–Crippen LogP) is -1.39. The van der Waals surface area contributed by atoms with Crippen molar-refractivity contribution in [3.8, 4) is 0 Å². The molecule has 2 atom stereocenters. The summed E-state index contributed by atoms with van der Waals surface area (Å²) in [6.07, 6.45) is 0.548. The summed E-state index contributed by atoms with van der Waals surface area (Å²) in [5.74, 6) is -0.147. The number of rotatable bonds is 4. The molecule has 0 radical (unpaired) electrons. The van der Waals surface area contributed by atoms with Gasteiger partial charge in [-0.2, -0.15) is 0 Å². The average Bonchev–Trinajstić information content (AvgIpc) is 2.59. The number of nitrogens with zero attached hydrogens (tertiary/aromatic N) is 1. The average molecular weight is 250 g/mol. The van der Waals surface area contributed by atoms with E-state index in [-0.39, 0.29) is 24.1 Å². The summed E-state index contributed by atoms with van der Waals surface area (Å²) in [5.41, 5.74) is 5.49. The zero-order chi connectivity index (χ0) is 12.3. The third-order valence-corrected chi connectivity index (χ3v) is 4.72. The molecule has 1 fully saturated rings. The Kier molecular flexibility index (Phi) is 4.28. The van der Waals surface area contributed by atoms with E-state index in [9.17, 15) is 13.2 Å². The van der Waals surface area contributed by atoms with Gasteiger partial charge in [-0.3, -0.25) is 9.69 Å². The van der Waals surface area contributed by atoms with Crippen LogP contribution in [0.15, 0.2) is 0 Å². The lowest BCUT2D eigenvalue weighted by molar-refractivity contribution is -0.146. The van der Waals surface area contributed by atoms with Gasteiger partial charge in [-0.15, -0.1) is 0 Å². The van der Waals surface area contributed by atoms with Crippen LogP contribution < -0.4 is 5.73 Å². The highest BCUT2D eigenvalue weighted by Gasteiger charge is 2.35. The van der Waals surface area contributed by atoms with E-state index in [2.05, 4.69) is 4.74 Å². The minimum absolute atomic E-state index is 0.0942. The summed E-state index contributed by atoms with van der Waals surface area (Å²) in [6.45, 7) is 0.125. The molecule has 1 aliphatic heterocycles. The summed E-state index contributed by atoms with van der Waals surface area (Å²) < 4.78 is 27.3. The summed E-state index contributed by atoms with van der Waals surface area (Å²) in [6, 6.07) is -0.707. The molecule has 0 aliphatic carbocycles. The van der Waals surface area contributed by atoms with Crippen LogP contribution in [0, 0.1) is 0 Å². The molecule has 94 valence electrons. The van der Waals surface area contributed by atoms with Crippen LogP contribution in [0.2, 0.25) is 0 Å². The number of methoxy groups -OCH3 is 1. The molecule has 0 saturated carbocycles. The molecule has 6 nitrogen and oxygen atoms in total. The number of carbonyl (C=O) groups is 1. The first kappa shape index (κ1) is 13.4. The van der Waals surface area contributed by atoms with Gasteiger partial charge < -0.3 is 10.5 Å². The van der Waals surface area contributed by atoms with Gasteiger partial charge in [0, 0.05) is 12.6 Å². The van der Waals surface area contributed by atoms with Crippen molar-refractivity contribution in [2.45, 2.75) is 18.5 Å². The first-order chi connectivity index (χ1) is 7.41. The standard InChI is InChI=1S/C9H18N2O4S/c1-11(8(5-10)9(12)15-2)7-3-4-16(13,14)6-7/h7-8H,3-6,10H2,1-2H3. The molecule has 2 unspecified atom stereocenters. The first-order valence-corrected chi connectivity index (χ1v) is 6.93.